The van der Waals surface area contributed by atoms with Crippen LogP contribution in [0.15, 0.2) is 48.5 Å². The number of carbonyl (C=O) groups is 1. The maximum Gasteiger partial charge on any atom is 0.237 e. The Morgan fingerprint density at radius 3 is 2.09 bits per heavy atom. The Balaban J connectivity index is 1.95. The molecule has 0 saturated heterocycles. The van der Waals surface area contributed by atoms with Crippen LogP contribution in [-0.2, 0) is 4.79 Å². The number of nitrogens with one attached hydrogen (secondary N) is 1. The van der Waals surface area contributed by atoms with Crippen molar-refractivity contribution >= 4 is 23.4 Å². The van der Waals surface area contributed by atoms with E-state index < -0.39 is 0 Å². The predicted octanol–water partition coefficient (Wildman–Crippen LogP) is 4.57. The van der Waals surface area contributed by atoms with Crippen molar-refractivity contribution in [3.63, 3.8) is 0 Å². The van der Waals surface area contributed by atoms with Crippen LogP contribution in [0.5, 0.6) is 17.2 Å². The van der Waals surface area contributed by atoms with E-state index in [0.717, 1.165) is 17.2 Å². The van der Waals surface area contributed by atoms with Gasteiger partial charge >= 0.3 is 0 Å². The molecule has 0 spiro atoms. The Morgan fingerprint density at radius 1 is 1.04 bits per heavy atom. The average Bonchev–Trinajstić information content (AvgIpc) is 2.58. The summed E-state index contributed by atoms with van der Waals surface area (Å²) in [4.78, 5) is 11.8. The molecular formula is C18H21NO3S. The molecule has 0 bridgehead atoms. The van der Waals surface area contributed by atoms with Crippen LogP contribution < -0.4 is 14.8 Å². The van der Waals surface area contributed by atoms with Gasteiger partial charge in [-0.3, -0.25) is 4.79 Å². The highest BCUT2D eigenvalue weighted by atomic mass is 32.2. The Labute approximate surface area is 141 Å². The predicted molar refractivity (Wildman–Crippen MR) is 95.7 cm³/mol. The smallest absolute Gasteiger partial charge is 0.237 e. The summed E-state index contributed by atoms with van der Waals surface area (Å²) in [5.74, 6) is 2.27. The summed E-state index contributed by atoms with van der Waals surface area (Å²) in [5, 5.41) is 2.80. The van der Waals surface area contributed by atoms with E-state index in [1.807, 2.05) is 68.6 Å². The quantitative estimate of drug-likeness (QED) is 0.807. The lowest BCUT2D eigenvalue weighted by atomic mass is 10.3. The van der Waals surface area contributed by atoms with E-state index >= 15 is 0 Å². The molecule has 2 aromatic carbocycles. The molecule has 1 N–H and O–H groups in total. The van der Waals surface area contributed by atoms with Crippen LogP contribution in [0.4, 0.5) is 5.69 Å². The normalized spacial score (nSPS) is 11.6. The average molecular weight is 331 g/mol. The number of hydrogen-bond donors (Lipinski definition) is 1. The van der Waals surface area contributed by atoms with Gasteiger partial charge < -0.3 is 14.8 Å². The topological polar surface area (TPSA) is 47.6 Å². The van der Waals surface area contributed by atoms with Crippen molar-refractivity contribution < 1.29 is 14.3 Å². The van der Waals surface area contributed by atoms with Crippen LogP contribution >= 0.6 is 11.8 Å². The van der Waals surface area contributed by atoms with Crippen LogP contribution in [0.3, 0.4) is 0 Å². The van der Waals surface area contributed by atoms with Crippen molar-refractivity contribution in [1.29, 1.82) is 0 Å². The molecule has 2 rings (SSSR count). The SMILES string of the molecule is CCOc1ccc(Oc2ccc(NC(=O)C(C)SC)cc2)cc1. The summed E-state index contributed by atoms with van der Waals surface area (Å²) in [6.45, 7) is 4.47. The van der Waals surface area contributed by atoms with Gasteiger partial charge in [-0.2, -0.15) is 11.8 Å². The molecule has 0 aliphatic heterocycles. The molecule has 4 nitrogen and oxygen atoms in total. The monoisotopic (exact) mass is 331 g/mol. The van der Waals surface area contributed by atoms with E-state index in [9.17, 15) is 4.79 Å². The Morgan fingerprint density at radius 2 is 1.57 bits per heavy atom. The fourth-order valence-corrected chi connectivity index (χ4v) is 2.14. The second kappa shape index (κ2) is 8.48. The van der Waals surface area contributed by atoms with Crippen molar-refractivity contribution in [2.45, 2.75) is 19.1 Å². The van der Waals surface area contributed by atoms with E-state index in [0.29, 0.717) is 12.4 Å². The van der Waals surface area contributed by atoms with Crippen molar-refractivity contribution in [3.8, 4) is 17.2 Å². The van der Waals surface area contributed by atoms with Gasteiger partial charge in [-0.05, 0) is 68.6 Å². The summed E-state index contributed by atoms with van der Waals surface area (Å²) < 4.78 is 11.2. The first-order chi connectivity index (χ1) is 11.1. The number of benzene rings is 2. The minimum Gasteiger partial charge on any atom is -0.494 e. The van der Waals surface area contributed by atoms with E-state index in [2.05, 4.69) is 5.32 Å². The maximum atomic E-state index is 11.8. The van der Waals surface area contributed by atoms with Crippen molar-refractivity contribution in [2.24, 2.45) is 0 Å². The zero-order chi connectivity index (χ0) is 16.7. The second-order valence-corrected chi connectivity index (χ2v) is 6.08. The van der Waals surface area contributed by atoms with E-state index in [-0.39, 0.29) is 11.2 Å². The summed E-state index contributed by atoms with van der Waals surface area (Å²) >= 11 is 1.51. The van der Waals surface area contributed by atoms with Crippen LogP contribution in [0.1, 0.15) is 13.8 Å². The molecular weight excluding hydrogens is 310 g/mol. The van der Waals surface area contributed by atoms with Gasteiger partial charge in [0.1, 0.15) is 17.2 Å². The lowest BCUT2D eigenvalue weighted by Gasteiger charge is -2.11. The molecule has 0 heterocycles. The van der Waals surface area contributed by atoms with Crippen LogP contribution in [0, 0.1) is 0 Å². The van der Waals surface area contributed by atoms with Crippen molar-refractivity contribution in [3.05, 3.63) is 48.5 Å². The molecule has 1 unspecified atom stereocenters. The minimum absolute atomic E-state index is 0.00215. The minimum atomic E-state index is -0.0743. The maximum absolute atomic E-state index is 11.8. The molecule has 1 atom stereocenters. The number of anilines is 1. The first kappa shape index (κ1) is 17.2. The van der Waals surface area contributed by atoms with Crippen molar-refractivity contribution in [2.75, 3.05) is 18.2 Å². The van der Waals surface area contributed by atoms with Gasteiger partial charge in [-0.1, -0.05) is 0 Å². The molecule has 5 heteroatoms. The molecule has 0 aliphatic carbocycles. The standard InChI is InChI=1S/C18H21NO3S/c1-4-21-15-9-11-17(12-10-15)22-16-7-5-14(6-8-16)19-18(20)13(2)23-3/h5-13H,4H2,1-3H3,(H,19,20). The van der Waals surface area contributed by atoms with Gasteiger partial charge in [-0.15, -0.1) is 0 Å². The zero-order valence-electron chi connectivity index (χ0n) is 13.5. The third kappa shape index (κ3) is 5.21. The Kier molecular flexibility index (Phi) is 6.35. The molecule has 0 aromatic heterocycles. The highest BCUT2D eigenvalue weighted by Crippen LogP contribution is 2.25. The third-order valence-electron chi connectivity index (χ3n) is 3.22. The Bertz CT molecular complexity index is 626. The van der Waals surface area contributed by atoms with Gasteiger partial charge in [0.15, 0.2) is 0 Å². The summed E-state index contributed by atoms with van der Waals surface area (Å²) in [6, 6.07) is 14.8. The fourth-order valence-electron chi connectivity index (χ4n) is 1.86. The molecule has 122 valence electrons. The van der Waals surface area contributed by atoms with Gasteiger partial charge in [0.25, 0.3) is 0 Å². The second-order valence-electron chi connectivity index (χ2n) is 4.90. The summed E-state index contributed by atoms with van der Waals surface area (Å²) in [5.41, 5.74) is 0.759. The number of ether oxygens (including phenoxy) is 2. The molecule has 2 aromatic rings. The molecule has 0 fully saturated rings. The lowest BCUT2D eigenvalue weighted by molar-refractivity contribution is -0.115. The lowest BCUT2D eigenvalue weighted by Crippen LogP contribution is -2.21. The van der Waals surface area contributed by atoms with Gasteiger partial charge in [0.05, 0.1) is 11.9 Å². The molecule has 0 radical (unpaired) electrons. The molecule has 1 amide bonds. The highest BCUT2D eigenvalue weighted by Gasteiger charge is 2.10. The highest BCUT2D eigenvalue weighted by molar-refractivity contribution is 7.99. The third-order valence-corrected chi connectivity index (χ3v) is 4.14. The number of hydrogen-bond acceptors (Lipinski definition) is 4. The fraction of sp³-hybridized carbons (Fsp3) is 0.278. The van der Waals surface area contributed by atoms with E-state index in [4.69, 9.17) is 9.47 Å². The van der Waals surface area contributed by atoms with E-state index in [1.165, 1.54) is 11.8 Å². The number of carbonyl (C=O) groups excluding carboxylic acids is 1. The van der Waals surface area contributed by atoms with E-state index in [1.54, 1.807) is 0 Å². The van der Waals surface area contributed by atoms with Crippen LogP contribution in [0.25, 0.3) is 0 Å². The zero-order valence-corrected chi connectivity index (χ0v) is 14.4. The molecule has 0 saturated carbocycles. The number of thioether (sulfide) groups is 1. The van der Waals surface area contributed by atoms with Gasteiger partial charge in [-0.25, -0.2) is 0 Å². The molecule has 0 aliphatic rings. The molecule has 23 heavy (non-hydrogen) atoms. The van der Waals surface area contributed by atoms with Gasteiger partial charge in [0, 0.05) is 5.69 Å². The van der Waals surface area contributed by atoms with Gasteiger partial charge in [0.2, 0.25) is 5.91 Å². The summed E-state index contributed by atoms with van der Waals surface area (Å²) in [6.07, 6.45) is 1.91. The number of rotatable bonds is 7. The first-order valence-electron chi connectivity index (χ1n) is 7.46. The van der Waals surface area contributed by atoms with Crippen LogP contribution in [-0.4, -0.2) is 24.0 Å². The number of amides is 1. The summed E-state index contributed by atoms with van der Waals surface area (Å²) in [7, 11) is 0. The van der Waals surface area contributed by atoms with Crippen LogP contribution in [0.2, 0.25) is 0 Å². The largest absolute Gasteiger partial charge is 0.494 e. The first-order valence-corrected chi connectivity index (χ1v) is 8.75. The van der Waals surface area contributed by atoms with Crippen molar-refractivity contribution in [1.82, 2.24) is 0 Å². The Hall–Kier alpha value is -2.14.